The lowest BCUT2D eigenvalue weighted by Gasteiger charge is -2.37. The number of methoxy groups -OCH3 is 2. The number of carbonyl (C=O) groups is 2. The van der Waals surface area contributed by atoms with Crippen LogP contribution in [0.4, 0.5) is 0 Å². The lowest BCUT2D eigenvalue weighted by Crippen LogP contribution is -2.63. The van der Waals surface area contributed by atoms with E-state index < -0.39 is 23.1 Å². The van der Waals surface area contributed by atoms with Crippen LogP contribution in [0.25, 0.3) is 0 Å². The fourth-order valence-corrected chi connectivity index (χ4v) is 3.99. The molecule has 0 bridgehead atoms. The van der Waals surface area contributed by atoms with E-state index in [1.165, 1.54) is 16.7 Å². The molecule has 0 saturated heterocycles. The van der Waals surface area contributed by atoms with E-state index in [0.29, 0.717) is 6.42 Å². The first-order chi connectivity index (χ1) is 16.0. The fraction of sp³-hybridized carbons (Fsp3) is 0.630. The van der Waals surface area contributed by atoms with E-state index in [0.717, 1.165) is 59.7 Å². The van der Waals surface area contributed by atoms with Crippen molar-refractivity contribution in [3.8, 4) is 0 Å². The molecule has 1 aromatic rings. The average Bonchev–Trinajstić information content (AvgIpc) is 3.31. The van der Waals surface area contributed by atoms with Gasteiger partial charge in [-0.1, -0.05) is 30.2 Å². The van der Waals surface area contributed by atoms with Crippen molar-refractivity contribution in [3.63, 3.8) is 0 Å². The smallest absolute Gasteiger partial charge is 0.341 e. The van der Waals surface area contributed by atoms with Crippen molar-refractivity contribution in [2.24, 2.45) is 5.92 Å². The zero-order chi connectivity index (χ0) is 25.8. The van der Waals surface area contributed by atoms with E-state index in [4.69, 9.17) is 4.42 Å². The maximum atomic E-state index is 12.3. The highest BCUT2D eigenvalue weighted by molar-refractivity contribution is 5.92. The molecule has 34 heavy (non-hydrogen) atoms. The molecule has 1 rings (SSSR count). The van der Waals surface area contributed by atoms with Crippen molar-refractivity contribution < 1.29 is 33.7 Å². The third kappa shape index (κ3) is 8.76. The number of hydrogen-bond donors (Lipinski definition) is 2. The summed E-state index contributed by atoms with van der Waals surface area (Å²) in [6.07, 6.45) is 14.4. The molecule has 2 N–H and O–H groups in total. The second-order valence-electron chi connectivity index (χ2n) is 9.43. The number of ether oxygens (including phenoxy) is 2. The number of rotatable bonds is 15. The molecule has 0 aliphatic heterocycles. The number of esters is 2. The van der Waals surface area contributed by atoms with E-state index in [-0.39, 0.29) is 12.3 Å². The van der Waals surface area contributed by atoms with Crippen LogP contribution in [0.5, 0.6) is 0 Å². The van der Waals surface area contributed by atoms with E-state index in [2.05, 4.69) is 35.5 Å². The summed E-state index contributed by atoms with van der Waals surface area (Å²) in [4.78, 5) is 24.2. The van der Waals surface area contributed by atoms with Gasteiger partial charge in [-0.3, -0.25) is 0 Å². The number of aliphatic hydroxyl groups is 2. The minimum atomic E-state index is -2.42. The Kier molecular flexibility index (Phi) is 12.3. The summed E-state index contributed by atoms with van der Waals surface area (Å²) >= 11 is 0. The molecule has 7 nitrogen and oxygen atoms in total. The predicted octanol–water partition coefficient (Wildman–Crippen LogP) is 4.91. The molecular formula is C27H42O7. The van der Waals surface area contributed by atoms with Gasteiger partial charge in [-0.05, 0) is 89.7 Å². The van der Waals surface area contributed by atoms with E-state index in [1.54, 1.807) is 12.5 Å². The monoisotopic (exact) mass is 478 g/mol. The van der Waals surface area contributed by atoms with E-state index in [1.807, 2.05) is 13.0 Å². The Bertz CT molecular complexity index is 820. The van der Waals surface area contributed by atoms with Gasteiger partial charge in [0, 0.05) is 0 Å². The lowest BCUT2D eigenvalue weighted by atomic mass is 9.77. The SMILES string of the molecule is COC(=O)[C@@](C)(O)[C@](O)(C[C@H](C)CCC=C(C)CCC=C(C)CCCc1ccoc1)C(=O)OC. The van der Waals surface area contributed by atoms with Crippen molar-refractivity contribution in [2.75, 3.05) is 14.2 Å². The van der Waals surface area contributed by atoms with Crippen molar-refractivity contribution in [3.05, 3.63) is 47.5 Å². The lowest BCUT2D eigenvalue weighted by molar-refractivity contribution is -0.210. The van der Waals surface area contributed by atoms with E-state index >= 15 is 0 Å². The minimum Gasteiger partial charge on any atom is -0.472 e. The summed E-state index contributed by atoms with van der Waals surface area (Å²) in [6.45, 7) is 7.20. The Morgan fingerprint density at radius 1 is 1.06 bits per heavy atom. The molecule has 0 aromatic carbocycles. The fourth-order valence-electron chi connectivity index (χ4n) is 3.99. The molecule has 0 aliphatic rings. The van der Waals surface area contributed by atoms with Gasteiger partial charge in [0.2, 0.25) is 5.60 Å². The van der Waals surface area contributed by atoms with Crippen molar-refractivity contribution in [1.82, 2.24) is 0 Å². The minimum absolute atomic E-state index is 0.130. The van der Waals surface area contributed by atoms with Crippen molar-refractivity contribution in [1.29, 1.82) is 0 Å². The van der Waals surface area contributed by atoms with Crippen LogP contribution in [-0.4, -0.2) is 47.6 Å². The maximum absolute atomic E-state index is 12.3. The van der Waals surface area contributed by atoms with Crippen molar-refractivity contribution >= 4 is 11.9 Å². The third-order valence-corrected chi connectivity index (χ3v) is 6.36. The quantitative estimate of drug-likeness (QED) is 0.272. The summed E-state index contributed by atoms with van der Waals surface area (Å²) < 4.78 is 14.3. The normalized spacial score (nSPS) is 16.9. The summed E-state index contributed by atoms with van der Waals surface area (Å²) in [5, 5.41) is 21.5. The second kappa shape index (κ2) is 14.1. The van der Waals surface area contributed by atoms with Crippen LogP contribution in [0.1, 0.15) is 78.2 Å². The van der Waals surface area contributed by atoms with E-state index in [9.17, 15) is 19.8 Å². The summed E-state index contributed by atoms with van der Waals surface area (Å²) in [5.74, 6) is -2.30. The molecule has 0 saturated carbocycles. The van der Waals surface area contributed by atoms with Crippen LogP contribution in [0.15, 0.2) is 46.3 Å². The predicted molar refractivity (Wildman–Crippen MR) is 131 cm³/mol. The number of aryl methyl sites for hydroxylation is 1. The third-order valence-electron chi connectivity index (χ3n) is 6.36. The van der Waals surface area contributed by atoms with Crippen LogP contribution < -0.4 is 0 Å². The number of hydrogen-bond acceptors (Lipinski definition) is 7. The number of allylic oxidation sites excluding steroid dienone is 4. The van der Waals surface area contributed by atoms with Gasteiger partial charge in [0.15, 0.2) is 5.60 Å². The topological polar surface area (TPSA) is 106 Å². The summed E-state index contributed by atoms with van der Waals surface area (Å²) in [5.41, 5.74) is -0.909. The summed E-state index contributed by atoms with van der Waals surface area (Å²) in [6, 6.07) is 2.01. The second-order valence-corrected chi connectivity index (χ2v) is 9.43. The summed E-state index contributed by atoms with van der Waals surface area (Å²) in [7, 11) is 2.19. The van der Waals surface area contributed by atoms with Gasteiger partial charge < -0.3 is 24.1 Å². The van der Waals surface area contributed by atoms with Gasteiger partial charge in [0.05, 0.1) is 26.7 Å². The van der Waals surface area contributed by atoms with Gasteiger partial charge in [0.25, 0.3) is 0 Å². The number of furan rings is 1. The molecular weight excluding hydrogens is 436 g/mol. The van der Waals surface area contributed by atoms with Crippen molar-refractivity contribution in [2.45, 2.75) is 90.3 Å². The molecule has 0 radical (unpaired) electrons. The first-order valence-corrected chi connectivity index (χ1v) is 11.9. The highest BCUT2D eigenvalue weighted by Gasteiger charge is 2.58. The molecule has 3 atom stereocenters. The van der Waals surface area contributed by atoms with Gasteiger partial charge in [-0.2, -0.15) is 0 Å². The highest BCUT2D eigenvalue weighted by atomic mass is 16.6. The first-order valence-electron chi connectivity index (χ1n) is 11.9. The number of carbonyl (C=O) groups excluding carboxylic acids is 2. The van der Waals surface area contributed by atoms with Crippen LogP contribution in [0.2, 0.25) is 0 Å². The Hall–Kier alpha value is -2.38. The molecule has 7 heteroatoms. The van der Waals surface area contributed by atoms with Gasteiger partial charge in [0.1, 0.15) is 0 Å². The Morgan fingerprint density at radius 3 is 2.26 bits per heavy atom. The molecule has 0 spiro atoms. The Morgan fingerprint density at radius 2 is 1.68 bits per heavy atom. The Labute approximate surface area is 203 Å². The molecule has 0 unspecified atom stereocenters. The van der Waals surface area contributed by atoms with Crippen LogP contribution in [0.3, 0.4) is 0 Å². The van der Waals surface area contributed by atoms with Crippen LogP contribution in [0, 0.1) is 5.92 Å². The highest BCUT2D eigenvalue weighted by Crippen LogP contribution is 2.33. The molecule has 0 amide bonds. The standard InChI is InChI=1S/C27H42O7/c1-20(10-7-11-21(2)13-9-15-23-16-17-34-19-23)12-8-14-22(3)18-27(31,25(29)33-6)26(4,30)24(28)32-5/h11-12,16-17,19,22,30-31H,7-10,13-15,18H2,1-6H3/t22-,26-,27+/m1/s1. The van der Waals surface area contributed by atoms with Crippen LogP contribution in [-0.2, 0) is 25.5 Å². The first kappa shape index (κ1) is 29.7. The molecule has 1 heterocycles. The van der Waals surface area contributed by atoms with Gasteiger partial charge in [-0.15, -0.1) is 0 Å². The zero-order valence-electron chi connectivity index (χ0n) is 21.6. The van der Waals surface area contributed by atoms with Gasteiger partial charge in [-0.25, -0.2) is 9.59 Å². The maximum Gasteiger partial charge on any atom is 0.341 e. The molecule has 0 aliphatic carbocycles. The largest absolute Gasteiger partial charge is 0.472 e. The van der Waals surface area contributed by atoms with Crippen LogP contribution >= 0.6 is 0 Å². The Balaban J connectivity index is 2.50. The molecule has 1 aromatic heterocycles. The average molecular weight is 479 g/mol. The van der Waals surface area contributed by atoms with Gasteiger partial charge >= 0.3 is 11.9 Å². The zero-order valence-corrected chi connectivity index (χ0v) is 21.6. The molecule has 192 valence electrons. The molecule has 0 fully saturated rings.